The van der Waals surface area contributed by atoms with Crippen molar-refractivity contribution in [1.82, 2.24) is 4.57 Å². The number of nitrogens with zero attached hydrogens (tertiary/aromatic N) is 1. The molecular weight excluding hydrogens is 857 g/mol. The molecule has 0 saturated carbocycles. The molecule has 3 aromatic carbocycles. The molecule has 55 heavy (non-hydrogen) atoms. The summed E-state index contributed by atoms with van der Waals surface area (Å²) in [5.41, 5.74) is 6.38. The van der Waals surface area contributed by atoms with Crippen LogP contribution < -0.4 is 0 Å². The van der Waals surface area contributed by atoms with E-state index in [1.54, 1.807) is 0 Å². The van der Waals surface area contributed by atoms with Gasteiger partial charge in [-0.3, -0.25) is 0 Å². The summed E-state index contributed by atoms with van der Waals surface area (Å²) in [6.07, 6.45) is 5.13. The van der Waals surface area contributed by atoms with Crippen LogP contribution in [-0.4, -0.2) is 20.7 Å². The van der Waals surface area contributed by atoms with Crippen molar-refractivity contribution in [2.45, 2.75) is 173 Å². The maximum atomic E-state index is 12.8. The fourth-order valence-corrected chi connectivity index (χ4v) is 11.0. The Morgan fingerprint density at radius 2 is 1.05 bits per heavy atom. The number of hydrogen-bond acceptors (Lipinski definition) is 1. The van der Waals surface area contributed by atoms with Crippen LogP contribution in [0, 0.1) is 21.7 Å². The number of halogens is 1. The van der Waals surface area contributed by atoms with Crippen LogP contribution in [0.15, 0.2) is 72.8 Å². The van der Waals surface area contributed by atoms with Gasteiger partial charge in [0.2, 0.25) is 0 Å². The molecule has 5 rings (SSSR count). The first kappa shape index (κ1) is 46.0. The molecule has 1 aromatic heterocycles. The quantitative estimate of drug-likeness (QED) is 0.138. The number of aliphatic hydroxyl groups excluding tert-OH is 1. The Hall–Kier alpha value is -1.68. The minimum absolute atomic E-state index is 0.0102. The third-order valence-corrected chi connectivity index (χ3v) is 12.6. The van der Waals surface area contributed by atoms with Gasteiger partial charge in [0.25, 0.3) is 0 Å². The molecule has 1 aliphatic rings. The van der Waals surface area contributed by atoms with Gasteiger partial charge in [0, 0.05) is 21.8 Å². The third-order valence-electron chi connectivity index (χ3n) is 11.9. The summed E-state index contributed by atoms with van der Waals surface area (Å²) < 4.78 is 7.11. The number of alkyl halides is 1. The zero-order valence-corrected chi connectivity index (χ0v) is 42.5. The van der Waals surface area contributed by atoms with Crippen LogP contribution >= 0.6 is 11.6 Å². The maximum absolute atomic E-state index is 12.8. The van der Waals surface area contributed by atoms with Gasteiger partial charge in [-0.2, -0.15) is 0 Å². The van der Waals surface area contributed by atoms with Crippen molar-refractivity contribution in [2.24, 2.45) is 21.7 Å². The second-order valence-corrected chi connectivity index (χ2v) is 27.2. The van der Waals surface area contributed by atoms with E-state index in [0.29, 0.717) is 6.42 Å². The third kappa shape index (κ3) is 10.1. The zero-order chi connectivity index (χ0) is 41.8. The Balaban J connectivity index is 0.00000217. The summed E-state index contributed by atoms with van der Waals surface area (Å²) in [7, 11) is 0. The molecule has 4 aromatic rings. The normalized spacial score (nSPS) is 21.7. The van der Waals surface area contributed by atoms with Crippen molar-refractivity contribution < 1.29 is 28.0 Å². The zero-order valence-electron chi connectivity index (χ0n) is 38.1. The molecule has 4 heteroatoms. The molecule has 0 aliphatic heterocycles. The van der Waals surface area contributed by atoms with Gasteiger partial charge < -0.3 is 9.67 Å². The topological polar surface area (TPSA) is 25.2 Å². The van der Waals surface area contributed by atoms with Crippen LogP contribution in [0.2, 0.25) is 9.36 Å². The molecule has 0 saturated heterocycles. The Bertz CT molecular complexity index is 1890. The average molecular weight is 933 g/mol. The summed E-state index contributed by atoms with van der Waals surface area (Å²) in [5, 5.41) is 15.3. The van der Waals surface area contributed by atoms with Crippen molar-refractivity contribution in [2.75, 3.05) is 0 Å². The monoisotopic (exact) mass is 934 g/mol. The van der Waals surface area contributed by atoms with Gasteiger partial charge in [-0.1, -0.05) is 152 Å². The van der Waals surface area contributed by atoms with Crippen LogP contribution in [0.4, 0.5) is 0 Å². The van der Waals surface area contributed by atoms with E-state index in [0.717, 1.165) is 41.4 Å². The molecule has 1 aliphatic carbocycles. The van der Waals surface area contributed by atoms with Crippen LogP contribution in [0.5, 0.6) is 0 Å². The van der Waals surface area contributed by atoms with E-state index in [4.69, 9.17) is 11.6 Å². The Kier molecular flexibility index (Phi) is 13.2. The number of allylic oxidation sites excluding steroid dienone is 1. The van der Waals surface area contributed by atoms with E-state index < -0.39 is 16.5 Å². The Labute approximate surface area is 353 Å². The number of hydrogen-bond donors (Lipinski definition) is 1. The van der Waals surface area contributed by atoms with Crippen LogP contribution in [0.1, 0.15) is 153 Å². The first-order valence-electron chi connectivity index (χ1n) is 20.7. The van der Waals surface area contributed by atoms with Crippen LogP contribution in [-0.2, 0) is 39.3 Å². The Morgan fingerprint density at radius 3 is 1.44 bits per heavy atom. The van der Waals surface area contributed by atoms with E-state index in [1.165, 1.54) is 21.9 Å². The van der Waals surface area contributed by atoms with Crippen molar-refractivity contribution in [3.05, 3.63) is 89.5 Å². The van der Waals surface area contributed by atoms with Crippen molar-refractivity contribution in [1.29, 1.82) is 0 Å². The average Bonchev–Trinajstić information content (AvgIpc) is 3.34. The summed E-state index contributed by atoms with van der Waals surface area (Å²) in [6.45, 7) is 37.4. The molecule has 3 atom stereocenters. The number of aliphatic hydroxyl groups is 1. The molecule has 0 spiro atoms. The van der Waals surface area contributed by atoms with E-state index in [-0.39, 0.29) is 55.4 Å². The predicted molar refractivity (Wildman–Crippen MR) is 240 cm³/mol. The van der Waals surface area contributed by atoms with Gasteiger partial charge in [-0.05, 0) is 112 Å². The van der Waals surface area contributed by atoms with Gasteiger partial charge in [0.05, 0.1) is 10.4 Å². The van der Waals surface area contributed by atoms with E-state index in [2.05, 4.69) is 191 Å². The Morgan fingerprint density at radius 1 is 0.655 bits per heavy atom. The first-order chi connectivity index (χ1) is 24.9. The van der Waals surface area contributed by atoms with Gasteiger partial charge in [0.15, 0.2) is 0 Å². The van der Waals surface area contributed by atoms with E-state index in [9.17, 15) is 5.11 Å². The molecule has 3 unspecified atom stereocenters. The van der Waals surface area contributed by atoms with Crippen LogP contribution in [0.25, 0.3) is 27.4 Å². The number of rotatable bonds is 8. The molecule has 0 amide bonds. The minimum atomic E-state index is -0.778. The number of fused-ring (bicyclic) bond motifs is 3. The first-order valence-corrected chi connectivity index (χ1v) is 28.3. The second-order valence-electron chi connectivity index (χ2n) is 22.9. The molecule has 302 valence electrons. The number of benzene rings is 3. The van der Waals surface area contributed by atoms with Gasteiger partial charge in [0.1, 0.15) is 6.10 Å². The SMILES string of the molecule is CC(C)(C)CC(C)(C)c1ccc2c(c1)c1cc(C(C)(C)CC(C)(C)C)ccc1n2C1(C)CC(Cl)(C(C)(C)CC(C)(C)C)C=C(c2ccccc2)C1O.[CH3][Hf][CH3]. The summed E-state index contributed by atoms with van der Waals surface area (Å²) in [4.78, 5) is -0.717. The molecule has 0 bridgehead atoms. The number of aromatic nitrogens is 1. The summed E-state index contributed by atoms with van der Waals surface area (Å²) >= 11 is 8.16. The molecule has 1 N–H and O–H groups in total. The van der Waals surface area contributed by atoms with Crippen LogP contribution in [0.3, 0.4) is 0 Å². The van der Waals surface area contributed by atoms with Crippen molar-refractivity contribution in [3.8, 4) is 0 Å². The standard InChI is InChI=1S/C49H70ClNO.2CH3.Hf/c1-42(2,3)29-45(10,11)34-22-24-39-36(26-34)37-27-35(46(12,13)30-43(4,5)6)23-25-40(37)51(39)48(16)32-49(50,47(14,15)31-44(7,8)9)28-38(41(48)52)33-20-18-17-19-21-33;;;/h17-28,41,52H,29-32H2,1-16H3;2*1H3;. The van der Waals surface area contributed by atoms with Crippen molar-refractivity contribution >= 4 is 39.0 Å². The molecule has 2 nitrogen and oxygen atoms in total. The molecular formula is C51H76ClHfNO. The fourth-order valence-electron chi connectivity index (χ4n) is 10.6. The van der Waals surface area contributed by atoms with Gasteiger partial charge >= 0.3 is 32.3 Å². The summed E-state index contributed by atoms with van der Waals surface area (Å²) in [5.74, 6) is 0. The van der Waals surface area contributed by atoms with Crippen molar-refractivity contribution in [3.63, 3.8) is 0 Å². The summed E-state index contributed by atoms with van der Waals surface area (Å²) in [6, 6.07) is 24.7. The second kappa shape index (κ2) is 15.8. The molecule has 0 fully saturated rings. The van der Waals surface area contributed by atoms with E-state index in [1.807, 2.05) is 6.07 Å². The predicted octanol–water partition coefficient (Wildman–Crippen LogP) is 15.4. The molecule has 1 heterocycles. The van der Waals surface area contributed by atoms with Gasteiger partial charge in [-0.25, -0.2) is 0 Å². The fraction of sp³-hybridized carbons (Fsp3) is 0.608. The molecule has 0 radical (unpaired) electrons. The van der Waals surface area contributed by atoms with Gasteiger partial charge in [-0.15, -0.1) is 11.6 Å². The van der Waals surface area contributed by atoms with E-state index >= 15 is 0 Å².